The highest BCUT2D eigenvalue weighted by Crippen LogP contribution is 2.09. The molecule has 0 saturated heterocycles. The van der Waals surface area contributed by atoms with E-state index in [1.54, 1.807) is 0 Å². The van der Waals surface area contributed by atoms with Crippen molar-refractivity contribution in [3.63, 3.8) is 0 Å². The number of nitrogens with one attached hydrogen (secondary N) is 1. The number of aromatic nitrogens is 2. The molecule has 0 radical (unpaired) electrons. The normalized spacial score (nSPS) is 10.1. The van der Waals surface area contributed by atoms with Gasteiger partial charge in [0.2, 0.25) is 0 Å². The lowest BCUT2D eigenvalue weighted by Crippen LogP contribution is -2.03. The summed E-state index contributed by atoms with van der Waals surface area (Å²) in [6.45, 7) is 4.90. The Kier molecular flexibility index (Phi) is 3.15. The highest BCUT2D eigenvalue weighted by atomic mass is 15.0. The summed E-state index contributed by atoms with van der Waals surface area (Å²) < 4.78 is 0. The second kappa shape index (κ2) is 4.75. The minimum absolute atomic E-state index is 0.760. The van der Waals surface area contributed by atoms with Crippen molar-refractivity contribution in [2.45, 2.75) is 20.4 Å². The zero-order valence-corrected chi connectivity index (χ0v) is 9.57. The Hall–Kier alpha value is -1.90. The van der Waals surface area contributed by atoms with Crippen LogP contribution in [0.5, 0.6) is 0 Å². The number of rotatable bonds is 3. The Morgan fingerprint density at radius 3 is 2.81 bits per heavy atom. The number of anilines is 1. The standard InChI is InChI=1S/C13H15N3/c1-10-3-6-15-13(7-10)16-9-12-8-14-5-4-11(12)2/h3-8H,9H2,1-2H3,(H,15,16). The van der Waals surface area contributed by atoms with Gasteiger partial charge in [0.05, 0.1) is 0 Å². The minimum Gasteiger partial charge on any atom is -0.366 e. The average molecular weight is 213 g/mol. The van der Waals surface area contributed by atoms with Gasteiger partial charge in [-0.2, -0.15) is 0 Å². The van der Waals surface area contributed by atoms with E-state index in [0.29, 0.717) is 0 Å². The lowest BCUT2D eigenvalue weighted by molar-refractivity contribution is 1.06. The summed E-state index contributed by atoms with van der Waals surface area (Å²) >= 11 is 0. The molecule has 3 nitrogen and oxygen atoms in total. The van der Waals surface area contributed by atoms with Crippen LogP contribution in [0.1, 0.15) is 16.7 Å². The predicted molar refractivity (Wildman–Crippen MR) is 65.3 cm³/mol. The van der Waals surface area contributed by atoms with Gasteiger partial charge in [0.25, 0.3) is 0 Å². The molecule has 0 unspecified atom stereocenters. The molecular formula is C13H15N3. The maximum atomic E-state index is 4.25. The van der Waals surface area contributed by atoms with E-state index in [-0.39, 0.29) is 0 Å². The van der Waals surface area contributed by atoms with Crippen LogP contribution in [0.2, 0.25) is 0 Å². The van der Waals surface area contributed by atoms with Crippen molar-refractivity contribution in [1.82, 2.24) is 9.97 Å². The van der Waals surface area contributed by atoms with E-state index < -0.39 is 0 Å². The topological polar surface area (TPSA) is 37.8 Å². The molecule has 0 fully saturated rings. The Labute approximate surface area is 95.6 Å². The largest absolute Gasteiger partial charge is 0.366 e. The quantitative estimate of drug-likeness (QED) is 0.851. The molecule has 0 atom stereocenters. The summed E-state index contributed by atoms with van der Waals surface area (Å²) in [6, 6.07) is 6.03. The van der Waals surface area contributed by atoms with Gasteiger partial charge in [-0.25, -0.2) is 4.98 Å². The molecule has 82 valence electrons. The maximum Gasteiger partial charge on any atom is 0.126 e. The molecule has 1 N–H and O–H groups in total. The lowest BCUT2D eigenvalue weighted by atomic mass is 10.1. The molecule has 0 bridgehead atoms. The summed E-state index contributed by atoms with van der Waals surface area (Å²) in [6.07, 6.45) is 5.51. The van der Waals surface area contributed by atoms with Gasteiger partial charge in [-0.3, -0.25) is 4.98 Å². The molecule has 3 heteroatoms. The fraction of sp³-hybridized carbons (Fsp3) is 0.231. The maximum absolute atomic E-state index is 4.25. The van der Waals surface area contributed by atoms with E-state index in [1.807, 2.05) is 36.8 Å². The SMILES string of the molecule is Cc1ccnc(NCc2cnccc2C)c1. The monoisotopic (exact) mass is 213 g/mol. The van der Waals surface area contributed by atoms with E-state index >= 15 is 0 Å². The number of hydrogen-bond donors (Lipinski definition) is 1. The molecule has 0 aliphatic heterocycles. The number of pyridine rings is 2. The summed E-state index contributed by atoms with van der Waals surface area (Å²) in [4.78, 5) is 8.37. The van der Waals surface area contributed by atoms with Crippen LogP contribution in [0.4, 0.5) is 5.82 Å². The fourth-order valence-electron chi connectivity index (χ4n) is 1.50. The Bertz CT molecular complexity index is 480. The smallest absolute Gasteiger partial charge is 0.126 e. The molecule has 2 rings (SSSR count). The Balaban J connectivity index is 2.05. The summed E-state index contributed by atoms with van der Waals surface area (Å²) in [7, 11) is 0. The third-order valence-electron chi connectivity index (χ3n) is 2.52. The van der Waals surface area contributed by atoms with Gasteiger partial charge in [-0.15, -0.1) is 0 Å². The lowest BCUT2D eigenvalue weighted by Gasteiger charge is -2.07. The van der Waals surface area contributed by atoms with Crippen LogP contribution in [-0.4, -0.2) is 9.97 Å². The van der Waals surface area contributed by atoms with Crippen LogP contribution in [-0.2, 0) is 6.54 Å². The van der Waals surface area contributed by atoms with Crippen LogP contribution >= 0.6 is 0 Å². The summed E-state index contributed by atoms with van der Waals surface area (Å²) in [5.41, 5.74) is 3.65. The predicted octanol–water partition coefficient (Wildman–Crippen LogP) is 2.71. The summed E-state index contributed by atoms with van der Waals surface area (Å²) in [5.74, 6) is 0.906. The third-order valence-corrected chi connectivity index (χ3v) is 2.52. The van der Waals surface area contributed by atoms with Gasteiger partial charge in [0, 0.05) is 25.1 Å². The van der Waals surface area contributed by atoms with Gasteiger partial charge >= 0.3 is 0 Å². The van der Waals surface area contributed by atoms with Crippen LogP contribution in [0.3, 0.4) is 0 Å². The first-order valence-electron chi connectivity index (χ1n) is 5.32. The Morgan fingerprint density at radius 2 is 2.06 bits per heavy atom. The van der Waals surface area contributed by atoms with Crippen molar-refractivity contribution in [3.8, 4) is 0 Å². The van der Waals surface area contributed by atoms with Crippen LogP contribution in [0.25, 0.3) is 0 Å². The van der Waals surface area contributed by atoms with Crippen molar-refractivity contribution < 1.29 is 0 Å². The molecule has 0 aliphatic carbocycles. The average Bonchev–Trinajstić information content (AvgIpc) is 2.28. The molecule has 0 aliphatic rings. The first-order chi connectivity index (χ1) is 7.75. The Morgan fingerprint density at radius 1 is 1.19 bits per heavy atom. The van der Waals surface area contributed by atoms with Gasteiger partial charge in [-0.1, -0.05) is 0 Å². The van der Waals surface area contributed by atoms with E-state index in [0.717, 1.165) is 12.4 Å². The van der Waals surface area contributed by atoms with E-state index in [2.05, 4.69) is 29.1 Å². The van der Waals surface area contributed by atoms with Gasteiger partial charge < -0.3 is 5.32 Å². The second-order valence-electron chi connectivity index (χ2n) is 3.87. The minimum atomic E-state index is 0.760. The molecular weight excluding hydrogens is 198 g/mol. The van der Waals surface area contributed by atoms with Crippen LogP contribution in [0.15, 0.2) is 36.8 Å². The number of hydrogen-bond acceptors (Lipinski definition) is 3. The molecule has 16 heavy (non-hydrogen) atoms. The highest BCUT2D eigenvalue weighted by Gasteiger charge is 1.98. The second-order valence-corrected chi connectivity index (χ2v) is 3.87. The zero-order chi connectivity index (χ0) is 11.4. The van der Waals surface area contributed by atoms with Crippen molar-refractivity contribution in [3.05, 3.63) is 53.5 Å². The number of nitrogens with zero attached hydrogens (tertiary/aromatic N) is 2. The molecule has 2 heterocycles. The molecule has 0 saturated carbocycles. The molecule has 0 aromatic carbocycles. The fourth-order valence-corrected chi connectivity index (χ4v) is 1.50. The van der Waals surface area contributed by atoms with Gasteiger partial charge in [0.15, 0.2) is 0 Å². The molecule has 0 spiro atoms. The van der Waals surface area contributed by atoms with Crippen molar-refractivity contribution >= 4 is 5.82 Å². The van der Waals surface area contributed by atoms with E-state index in [1.165, 1.54) is 16.7 Å². The highest BCUT2D eigenvalue weighted by molar-refractivity contribution is 5.38. The molecule has 2 aromatic heterocycles. The van der Waals surface area contributed by atoms with Crippen LogP contribution in [0, 0.1) is 13.8 Å². The number of aryl methyl sites for hydroxylation is 2. The molecule has 0 amide bonds. The zero-order valence-electron chi connectivity index (χ0n) is 9.57. The van der Waals surface area contributed by atoms with Gasteiger partial charge in [0.1, 0.15) is 5.82 Å². The molecule has 2 aromatic rings. The van der Waals surface area contributed by atoms with Gasteiger partial charge in [-0.05, 0) is 48.7 Å². The van der Waals surface area contributed by atoms with Crippen LogP contribution < -0.4 is 5.32 Å². The van der Waals surface area contributed by atoms with E-state index in [4.69, 9.17) is 0 Å². The first-order valence-corrected chi connectivity index (χ1v) is 5.32. The third kappa shape index (κ3) is 2.57. The summed E-state index contributed by atoms with van der Waals surface area (Å²) in [5, 5.41) is 3.29. The van der Waals surface area contributed by atoms with E-state index in [9.17, 15) is 0 Å². The van der Waals surface area contributed by atoms with Crippen molar-refractivity contribution in [1.29, 1.82) is 0 Å². The van der Waals surface area contributed by atoms with Crippen molar-refractivity contribution in [2.24, 2.45) is 0 Å². The first kappa shape index (κ1) is 10.6. The van der Waals surface area contributed by atoms with Crippen molar-refractivity contribution in [2.75, 3.05) is 5.32 Å².